The predicted octanol–water partition coefficient (Wildman–Crippen LogP) is 2.64. The topological polar surface area (TPSA) is 29.1 Å². The molecule has 74 valence electrons. The van der Waals surface area contributed by atoms with E-state index in [1.54, 1.807) is 11.8 Å². The molecular formula is C11H13NOS. The van der Waals surface area contributed by atoms with Crippen LogP contribution in [-0.4, -0.2) is 12.2 Å². The van der Waals surface area contributed by atoms with Crippen LogP contribution in [0.1, 0.15) is 19.4 Å². The van der Waals surface area contributed by atoms with E-state index < -0.39 is 0 Å². The van der Waals surface area contributed by atoms with Gasteiger partial charge in [0, 0.05) is 10.6 Å². The number of benzene rings is 1. The molecule has 1 aliphatic rings. The molecule has 0 saturated heterocycles. The van der Waals surface area contributed by atoms with Gasteiger partial charge in [-0.3, -0.25) is 4.79 Å². The Kier molecular flexibility index (Phi) is 2.07. The van der Waals surface area contributed by atoms with Gasteiger partial charge in [-0.15, -0.1) is 11.8 Å². The summed E-state index contributed by atoms with van der Waals surface area (Å²) in [7, 11) is 0. The fourth-order valence-electron chi connectivity index (χ4n) is 1.68. The lowest BCUT2D eigenvalue weighted by molar-refractivity contribution is -0.119. The van der Waals surface area contributed by atoms with E-state index in [2.05, 4.69) is 11.4 Å². The molecule has 3 heteroatoms. The highest BCUT2D eigenvalue weighted by Crippen LogP contribution is 2.38. The van der Waals surface area contributed by atoms with Gasteiger partial charge in [-0.05, 0) is 43.9 Å². The largest absolute Gasteiger partial charge is 0.325 e. The van der Waals surface area contributed by atoms with Crippen molar-refractivity contribution in [2.45, 2.75) is 24.2 Å². The van der Waals surface area contributed by atoms with Crippen molar-refractivity contribution in [2.24, 2.45) is 0 Å². The molecule has 1 aromatic carbocycles. The Morgan fingerprint density at radius 3 is 2.71 bits per heavy atom. The van der Waals surface area contributed by atoms with E-state index in [9.17, 15) is 4.79 Å². The average molecular weight is 207 g/mol. The first-order chi connectivity index (χ1) is 6.55. The van der Waals surface area contributed by atoms with Crippen LogP contribution in [-0.2, 0) is 10.2 Å². The van der Waals surface area contributed by atoms with Crippen molar-refractivity contribution >= 4 is 23.4 Å². The van der Waals surface area contributed by atoms with Crippen molar-refractivity contribution in [2.75, 3.05) is 11.6 Å². The summed E-state index contributed by atoms with van der Waals surface area (Å²) in [5.74, 6) is 0.0887. The van der Waals surface area contributed by atoms with Gasteiger partial charge >= 0.3 is 0 Å². The summed E-state index contributed by atoms with van der Waals surface area (Å²) in [4.78, 5) is 12.8. The average Bonchev–Trinajstić information content (AvgIpc) is 2.38. The summed E-state index contributed by atoms with van der Waals surface area (Å²) in [6.07, 6.45) is 2.04. The Bertz CT molecular complexity index is 398. The third-order valence-corrected chi connectivity index (χ3v) is 3.44. The molecule has 1 aromatic rings. The fourth-order valence-corrected chi connectivity index (χ4v) is 2.12. The minimum Gasteiger partial charge on any atom is -0.325 e. The number of carbonyl (C=O) groups is 1. The van der Waals surface area contributed by atoms with Crippen molar-refractivity contribution in [1.29, 1.82) is 0 Å². The summed E-state index contributed by atoms with van der Waals surface area (Å²) in [5.41, 5.74) is 1.67. The molecule has 1 aliphatic heterocycles. The molecule has 2 nitrogen and oxygen atoms in total. The second kappa shape index (κ2) is 3.02. The van der Waals surface area contributed by atoms with Crippen molar-refractivity contribution in [3.8, 4) is 0 Å². The molecule has 1 heterocycles. The summed E-state index contributed by atoms with van der Waals surface area (Å²) in [5, 5.41) is 2.89. The van der Waals surface area contributed by atoms with Crippen LogP contribution >= 0.6 is 11.8 Å². The van der Waals surface area contributed by atoms with Gasteiger partial charge in [0.05, 0.1) is 5.41 Å². The number of nitrogens with one attached hydrogen (secondary N) is 1. The Labute approximate surface area is 88.1 Å². The maximum absolute atomic E-state index is 11.6. The number of thioether (sulfide) groups is 1. The van der Waals surface area contributed by atoms with Crippen molar-refractivity contribution in [1.82, 2.24) is 0 Å². The summed E-state index contributed by atoms with van der Waals surface area (Å²) < 4.78 is 0. The molecule has 0 radical (unpaired) electrons. The van der Waals surface area contributed by atoms with E-state index in [4.69, 9.17) is 0 Å². The third-order valence-electron chi connectivity index (χ3n) is 2.72. The molecule has 2 rings (SSSR count). The van der Waals surface area contributed by atoms with Gasteiger partial charge in [0.25, 0.3) is 0 Å². The zero-order valence-electron chi connectivity index (χ0n) is 8.55. The van der Waals surface area contributed by atoms with Crippen LogP contribution in [0.25, 0.3) is 0 Å². The van der Waals surface area contributed by atoms with E-state index in [0.29, 0.717) is 0 Å². The van der Waals surface area contributed by atoms with Gasteiger partial charge in [0.2, 0.25) is 5.91 Å². The first-order valence-electron chi connectivity index (χ1n) is 4.55. The van der Waals surface area contributed by atoms with E-state index in [1.807, 2.05) is 32.2 Å². The van der Waals surface area contributed by atoms with Crippen molar-refractivity contribution < 1.29 is 4.79 Å². The van der Waals surface area contributed by atoms with Crippen LogP contribution in [0.2, 0.25) is 0 Å². The smallest absolute Gasteiger partial charge is 0.234 e. The summed E-state index contributed by atoms with van der Waals surface area (Å²) in [6.45, 7) is 3.91. The maximum Gasteiger partial charge on any atom is 0.234 e. The highest BCUT2D eigenvalue weighted by atomic mass is 32.2. The van der Waals surface area contributed by atoms with E-state index >= 15 is 0 Å². The summed E-state index contributed by atoms with van der Waals surface area (Å²) >= 11 is 1.70. The SMILES string of the molecule is CSc1ccc2c(c1)C(C)(C)C(=O)N2. The lowest BCUT2D eigenvalue weighted by Crippen LogP contribution is -2.26. The molecule has 0 aliphatic carbocycles. The lowest BCUT2D eigenvalue weighted by atomic mass is 9.86. The quantitative estimate of drug-likeness (QED) is 0.717. The van der Waals surface area contributed by atoms with Gasteiger partial charge in [-0.1, -0.05) is 0 Å². The molecule has 14 heavy (non-hydrogen) atoms. The van der Waals surface area contributed by atoms with Crippen molar-refractivity contribution in [3.05, 3.63) is 23.8 Å². The molecule has 0 atom stereocenters. The third kappa shape index (κ3) is 1.23. The molecule has 0 unspecified atom stereocenters. The number of carbonyl (C=O) groups excluding carboxylic acids is 1. The minimum absolute atomic E-state index is 0.0887. The van der Waals surface area contributed by atoms with Gasteiger partial charge in [-0.25, -0.2) is 0 Å². The zero-order chi connectivity index (χ0) is 10.3. The van der Waals surface area contributed by atoms with Crippen LogP contribution < -0.4 is 5.32 Å². The Morgan fingerprint density at radius 2 is 2.07 bits per heavy atom. The number of rotatable bonds is 1. The Balaban J connectivity index is 2.56. The van der Waals surface area contributed by atoms with Crippen LogP contribution in [0.5, 0.6) is 0 Å². The first kappa shape index (κ1) is 9.59. The number of anilines is 1. The monoisotopic (exact) mass is 207 g/mol. The lowest BCUT2D eigenvalue weighted by Gasteiger charge is -2.15. The molecule has 0 bridgehead atoms. The highest BCUT2D eigenvalue weighted by molar-refractivity contribution is 7.98. The van der Waals surface area contributed by atoms with Gasteiger partial charge in [0.15, 0.2) is 0 Å². The molecule has 0 aromatic heterocycles. The summed E-state index contributed by atoms with van der Waals surface area (Å²) in [6, 6.07) is 6.11. The normalized spacial score (nSPS) is 17.8. The number of hydrogen-bond donors (Lipinski definition) is 1. The second-order valence-electron chi connectivity index (χ2n) is 3.99. The fraction of sp³-hybridized carbons (Fsp3) is 0.364. The Hall–Kier alpha value is -0.960. The van der Waals surface area contributed by atoms with Gasteiger partial charge in [0.1, 0.15) is 0 Å². The number of fused-ring (bicyclic) bond motifs is 1. The van der Waals surface area contributed by atoms with Crippen LogP contribution in [0.3, 0.4) is 0 Å². The second-order valence-corrected chi connectivity index (χ2v) is 4.87. The molecule has 1 N–H and O–H groups in total. The van der Waals surface area contributed by atoms with Gasteiger partial charge in [-0.2, -0.15) is 0 Å². The minimum atomic E-state index is -0.388. The molecule has 0 saturated carbocycles. The highest BCUT2D eigenvalue weighted by Gasteiger charge is 2.38. The van der Waals surface area contributed by atoms with Crippen LogP contribution in [0.15, 0.2) is 23.1 Å². The Morgan fingerprint density at radius 1 is 1.36 bits per heavy atom. The van der Waals surface area contributed by atoms with E-state index in [-0.39, 0.29) is 11.3 Å². The molecule has 0 fully saturated rings. The predicted molar refractivity (Wildman–Crippen MR) is 59.9 cm³/mol. The standard InChI is InChI=1S/C11H13NOS/c1-11(2)8-6-7(14-3)4-5-9(8)12-10(11)13/h4-6H,1-3H3,(H,12,13). The number of amides is 1. The zero-order valence-corrected chi connectivity index (χ0v) is 9.37. The van der Waals surface area contributed by atoms with Crippen LogP contribution in [0, 0.1) is 0 Å². The van der Waals surface area contributed by atoms with Crippen molar-refractivity contribution in [3.63, 3.8) is 0 Å². The van der Waals surface area contributed by atoms with E-state index in [1.165, 1.54) is 4.90 Å². The maximum atomic E-state index is 11.6. The van der Waals surface area contributed by atoms with Gasteiger partial charge < -0.3 is 5.32 Å². The van der Waals surface area contributed by atoms with E-state index in [0.717, 1.165) is 11.3 Å². The van der Waals surface area contributed by atoms with Crippen LogP contribution in [0.4, 0.5) is 5.69 Å². The molecule has 0 spiro atoms. The molecule has 1 amide bonds. The molecular weight excluding hydrogens is 194 g/mol. The number of hydrogen-bond acceptors (Lipinski definition) is 2. The first-order valence-corrected chi connectivity index (χ1v) is 5.78.